The third-order valence-corrected chi connectivity index (χ3v) is 3.35. The van der Waals surface area contributed by atoms with Gasteiger partial charge in [0.1, 0.15) is 11.4 Å². The van der Waals surface area contributed by atoms with Gasteiger partial charge in [0.15, 0.2) is 0 Å². The second-order valence-corrected chi connectivity index (χ2v) is 7.07. The van der Waals surface area contributed by atoms with Gasteiger partial charge in [0.2, 0.25) is 9.04 Å². The number of rotatable bonds is 4. The Morgan fingerprint density at radius 1 is 1.32 bits per heavy atom. The summed E-state index contributed by atoms with van der Waals surface area (Å²) < 4.78 is 7.67. The van der Waals surface area contributed by atoms with Crippen LogP contribution < -0.4 is 4.43 Å². The summed E-state index contributed by atoms with van der Waals surface area (Å²) in [6, 6.07) is 7.88. The minimum Gasteiger partial charge on any atom is -0.546 e. The van der Waals surface area contributed by atoms with E-state index in [9.17, 15) is 0 Å². The molecule has 0 radical (unpaired) electrons. The summed E-state index contributed by atoms with van der Waals surface area (Å²) in [6.07, 6.45) is 3.80. The van der Waals surface area contributed by atoms with Gasteiger partial charge in [-0.05, 0) is 32.2 Å². The fraction of sp³-hybridized carbons (Fsp3) is 0.286. The zero-order valence-electron chi connectivity index (χ0n) is 11.8. The molecule has 1 heterocycles. The Morgan fingerprint density at radius 3 is 2.68 bits per heavy atom. The quantitative estimate of drug-likeness (QED) is 0.635. The highest BCUT2D eigenvalue weighted by molar-refractivity contribution is 6.49. The Labute approximate surface area is 115 Å². The van der Waals surface area contributed by atoms with Crippen molar-refractivity contribution in [1.82, 2.24) is 9.78 Å². The van der Waals surface area contributed by atoms with Gasteiger partial charge in [-0.1, -0.05) is 12.1 Å². The van der Waals surface area contributed by atoms with Crippen molar-refractivity contribution in [1.29, 1.82) is 0 Å². The van der Waals surface area contributed by atoms with Crippen molar-refractivity contribution in [3.8, 4) is 5.75 Å². The number of para-hydroxylation sites is 2. The van der Waals surface area contributed by atoms with E-state index in [0.29, 0.717) is 0 Å². The van der Waals surface area contributed by atoms with Crippen LogP contribution in [0.2, 0.25) is 13.1 Å². The van der Waals surface area contributed by atoms with Gasteiger partial charge in [0.05, 0.1) is 5.69 Å². The SMILES string of the molecule is Cc1nn(C)cc1C=Nc1ccccc1O[SiH](C)C. The van der Waals surface area contributed by atoms with Crippen LogP contribution in [-0.4, -0.2) is 25.0 Å². The van der Waals surface area contributed by atoms with Gasteiger partial charge in [-0.25, -0.2) is 0 Å². The Morgan fingerprint density at radius 2 is 2.05 bits per heavy atom. The molecule has 1 aromatic carbocycles. The number of aliphatic imine (C=N–C) groups is 1. The molecule has 0 aliphatic carbocycles. The molecule has 19 heavy (non-hydrogen) atoms. The molecule has 0 saturated heterocycles. The van der Waals surface area contributed by atoms with Gasteiger partial charge in [-0.3, -0.25) is 9.67 Å². The van der Waals surface area contributed by atoms with E-state index >= 15 is 0 Å². The third-order valence-electron chi connectivity index (χ3n) is 2.62. The molecule has 2 rings (SSSR count). The molecule has 2 aromatic rings. The van der Waals surface area contributed by atoms with Crippen molar-refractivity contribution in [3.05, 3.63) is 41.7 Å². The van der Waals surface area contributed by atoms with E-state index in [0.717, 1.165) is 22.7 Å². The van der Waals surface area contributed by atoms with Crippen LogP contribution in [0, 0.1) is 6.92 Å². The topological polar surface area (TPSA) is 39.4 Å². The second-order valence-electron chi connectivity index (χ2n) is 4.74. The minimum absolute atomic E-state index is 0.863. The van der Waals surface area contributed by atoms with E-state index in [-0.39, 0.29) is 0 Å². The van der Waals surface area contributed by atoms with Gasteiger partial charge >= 0.3 is 0 Å². The molecule has 0 amide bonds. The average molecular weight is 273 g/mol. The van der Waals surface area contributed by atoms with Crippen LogP contribution in [0.3, 0.4) is 0 Å². The first-order valence-electron chi connectivity index (χ1n) is 6.36. The summed E-state index contributed by atoms with van der Waals surface area (Å²) in [5.41, 5.74) is 2.87. The Kier molecular flexibility index (Phi) is 4.16. The first kappa shape index (κ1) is 13.5. The van der Waals surface area contributed by atoms with E-state index in [1.807, 2.05) is 50.6 Å². The molecule has 0 spiro atoms. The molecule has 1 aromatic heterocycles. The number of hydrogen-bond acceptors (Lipinski definition) is 3. The first-order chi connectivity index (χ1) is 9.06. The van der Waals surface area contributed by atoms with Gasteiger partial charge in [0.25, 0.3) is 0 Å². The molecule has 0 bridgehead atoms. The molecule has 0 N–H and O–H groups in total. The first-order valence-corrected chi connectivity index (χ1v) is 9.14. The summed E-state index contributed by atoms with van der Waals surface area (Å²) in [4.78, 5) is 4.52. The van der Waals surface area contributed by atoms with E-state index in [4.69, 9.17) is 4.43 Å². The lowest BCUT2D eigenvalue weighted by atomic mass is 10.3. The maximum Gasteiger partial charge on any atom is 0.229 e. The normalized spacial score (nSPS) is 11.4. The molecule has 5 heteroatoms. The lowest BCUT2D eigenvalue weighted by Gasteiger charge is -2.11. The minimum atomic E-state index is -1.12. The smallest absolute Gasteiger partial charge is 0.229 e. The molecule has 0 aliphatic heterocycles. The van der Waals surface area contributed by atoms with E-state index in [2.05, 4.69) is 23.2 Å². The van der Waals surface area contributed by atoms with Crippen LogP contribution in [-0.2, 0) is 7.05 Å². The van der Waals surface area contributed by atoms with Crippen molar-refractivity contribution >= 4 is 20.9 Å². The Hall–Kier alpha value is -1.88. The van der Waals surface area contributed by atoms with Gasteiger partial charge in [0, 0.05) is 25.0 Å². The molecule has 100 valence electrons. The highest BCUT2D eigenvalue weighted by atomic mass is 28.3. The van der Waals surface area contributed by atoms with Crippen LogP contribution in [0.1, 0.15) is 11.3 Å². The van der Waals surface area contributed by atoms with Crippen molar-refractivity contribution in [2.24, 2.45) is 12.0 Å². The summed E-state index contributed by atoms with van der Waals surface area (Å²) in [7, 11) is 0.788. The van der Waals surface area contributed by atoms with E-state index < -0.39 is 9.04 Å². The van der Waals surface area contributed by atoms with E-state index in [1.165, 1.54) is 0 Å². The highest BCUT2D eigenvalue weighted by Gasteiger charge is 2.05. The van der Waals surface area contributed by atoms with Gasteiger partial charge in [-0.15, -0.1) is 0 Å². The number of hydrogen-bond donors (Lipinski definition) is 0. The van der Waals surface area contributed by atoms with Gasteiger partial charge in [-0.2, -0.15) is 5.10 Å². The zero-order chi connectivity index (χ0) is 13.8. The summed E-state index contributed by atoms with van der Waals surface area (Å²) in [5, 5.41) is 4.30. The lowest BCUT2D eigenvalue weighted by Crippen LogP contribution is -2.11. The van der Waals surface area contributed by atoms with Gasteiger partial charge < -0.3 is 4.43 Å². The van der Waals surface area contributed by atoms with Crippen LogP contribution >= 0.6 is 0 Å². The third kappa shape index (κ3) is 3.54. The van der Waals surface area contributed by atoms with Crippen molar-refractivity contribution in [3.63, 3.8) is 0 Å². The maximum absolute atomic E-state index is 5.87. The lowest BCUT2D eigenvalue weighted by molar-refractivity contribution is 0.582. The molecule has 0 saturated carbocycles. The molecule has 0 fully saturated rings. The Balaban J connectivity index is 2.25. The molecule has 4 nitrogen and oxygen atoms in total. The monoisotopic (exact) mass is 273 g/mol. The number of aryl methyl sites for hydroxylation is 2. The molecule has 0 atom stereocenters. The Bertz CT molecular complexity index is 590. The van der Waals surface area contributed by atoms with Crippen LogP contribution in [0.4, 0.5) is 5.69 Å². The van der Waals surface area contributed by atoms with Crippen LogP contribution in [0.15, 0.2) is 35.5 Å². The predicted octanol–water partition coefficient (Wildman–Crippen LogP) is 2.84. The predicted molar refractivity (Wildman–Crippen MR) is 81.1 cm³/mol. The van der Waals surface area contributed by atoms with E-state index in [1.54, 1.807) is 4.68 Å². The molecule has 0 unspecified atom stereocenters. The summed E-state index contributed by atoms with van der Waals surface area (Å²) in [6.45, 7) is 6.27. The highest BCUT2D eigenvalue weighted by Crippen LogP contribution is 2.27. The fourth-order valence-electron chi connectivity index (χ4n) is 1.80. The number of nitrogens with zero attached hydrogens (tertiary/aromatic N) is 3. The maximum atomic E-state index is 5.87. The van der Waals surface area contributed by atoms with Crippen molar-refractivity contribution < 1.29 is 4.43 Å². The second kappa shape index (κ2) is 5.84. The standard InChI is InChI=1S/C14H19N3OSi/c1-11-12(10-17(2)16-11)9-15-13-7-5-6-8-14(13)18-19(3)4/h5-10,19H,1-4H3. The average Bonchev–Trinajstić information content (AvgIpc) is 2.66. The zero-order valence-corrected chi connectivity index (χ0v) is 12.9. The largest absolute Gasteiger partial charge is 0.546 e. The molecular formula is C14H19N3OSi. The van der Waals surface area contributed by atoms with Crippen LogP contribution in [0.5, 0.6) is 5.75 Å². The summed E-state index contributed by atoms with van der Waals surface area (Å²) in [5.74, 6) is 0.863. The molecule has 0 aliphatic rings. The summed E-state index contributed by atoms with van der Waals surface area (Å²) >= 11 is 0. The number of benzene rings is 1. The van der Waals surface area contributed by atoms with Crippen LogP contribution in [0.25, 0.3) is 0 Å². The number of aromatic nitrogens is 2. The van der Waals surface area contributed by atoms with Crippen molar-refractivity contribution in [2.75, 3.05) is 0 Å². The van der Waals surface area contributed by atoms with Crippen molar-refractivity contribution in [2.45, 2.75) is 20.0 Å². The molecular weight excluding hydrogens is 254 g/mol. The fourth-order valence-corrected chi connectivity index (χ4v) is 2.51.